The van der Waals surface area contributed by atoms with Crippen molar-refractivity contribution in [2.45, 2.75) is 37.8 Å². The maximum Gasteiger partial charge on any atom is 0.246 e. The van der Waals surface area contributed by atoms with Crippen LogP contribution in [0, 0.1) is 0 Å². The van der Waals surface area contributed by atoms with Gasteiger partial charge in [-0.15, -0.1) is 0 Å². The van der Waals surface area contributed by atoms with Crippen LogP contribution < -0.4 is 5.73 Å². The zero-order valence-electron chi connectivity index (χ0n) is 12.8. The molecular formula is C13H25N5O2S. The topological polar surface area (TPSA) is 84.5 Å². The molecule has 7 nitrogen and oxygen atoms in total. The SMILES string of the molecule is CCN1CCN(S(=O)(=O)c2cnn(CCCN)c2)CC1C. The number of nitrogens with two attached hydrogens (primary N) is 1. The van der Waals surface area contributed by atoms with E-state index in [0.29, 0.717) is 26.2 Å². The van der Waals surface area contributed by atoms with Crippen LogP contribution in [-0.4, -0.2) is 66.2 Å². The van der Waals surface area contributed by atoms with Crippen molar-refractivity contribution in [3.8, 4) is 0 Å². The fourth-order valence-corrected chi connectivity index (χ4v) is 4.12. The molecule has 0 bridgehead atoms. The molecule has 1 unspecified atom stereocenters. The molecule has 1 aromatic rings. The van der Waals surface area contributed by atoms with Gasteiger partial charge in [0.2, 0.25) is 10.0 Å². The molecule has 2 rings (SSSR count). The van der Waals surface area contributed by atoms with Crippen molar-refractivity contribution in [1.82, 2.24) is 19.0 Å². The molecule has 1 saturated heterocycles. The number of hydrogen-bond acceptors (Lipinski definition) is 5. The molecule has 0 aromatic carbocycles. The van der Waals surface area contributed by atoms with E-state index in [1.807, 2.05) is 0 Å². The fourth-order valence-electron chi connectivity index (χ4n) is 2.65. The zero-order chi connectivity index (χ0) is 15.5. The maximum absolute atomic E-state index is 12.6. The third-order valence-corrected chi connectivity index (χ3v) is 5.79. The number of aromatic nitrogens is 2. The summed E-state index contributed by atoms with van der Waals surface area (Å²) < 4.78 is 28.5. The molecule has 0 aliphatic carbocycles. The summed E-state index contributed by atoms with van der Waals surface area (Å²) in [4.78, 5) is 2.56. The van der Waals surface area contributed by atoms with E-state index < -0.39 is 10.0 Å². The average molecular weight is 315 g/mol. The van der Waals surface area contributed by atoms with Gasteiger partial charge in [0.1, 0.15) is 4.90 Å². The number of rotatable bonds is 6. The molecule has 2 heterocycles. The molecule has 1 aromatic heterocycles. The van der Waals surface area contributed by atoms with Crippen LogP contribution in [0.4, 0.5) is 0 Å². The number of aryl methyl sites for hydroxylation is 1. The highest BCUT2D eigenvalue weighted by atomic mass is 32.2. The number of nitrogens with zero attached hydrogens (tertiary/aromatic N) is 4. The lowest BCUT2D eigenvalue weighted by molar-refractivity contribution is 0.135. The van der Waals surface area contributed by atoms with E-state index >= 15 is 0 Å². The van der Waals surface area contributed by atoms with Crippen LogP contribution in [0.2, 0.25) is 0 Å². The normalized spacial score (nSPS) is 21.8. The smallest absolute Gasteiger partial charge is 0.246 e. The minimum Gasteiger partial charge on any atom is -0.330 e. The van der Waals surface area contributed by atoms with Crippen LogP contribution in [0.3, 0.4) is 0 Å². The van der Waals surface area contributed by atoms with Gasteiger partial charge in [-0.25, -0.2) is 8.42 Å². The molecule has 0 radical (unpaired) electrons. The third-order valence-electron chi connectivity index (χ3n) is 3.97. The van der Waals surface area contributed by atoms with E-state index in [1.165, 1.54) is 6.20 Å². The largest absolute Gasteiger partial charge is 0.330 e. The van der Waals surface area contributed by atoms with Crippen molar-refractivity contribution in [2.24, 2.45) is 5.73 Å². The van der Waals surface area contributed by atoms with E-state index in [4.69, 9.17) is 5.73 Å². The second-order valence-corrected chi connectivity index (χ2v) is 7.36. The van der Waals surface area contributed by atoms with E-state index in [1.54, 1.807) is 15.2 Å². The molecule has 8 heteroatoms. The first-order chi connectivity index (χ1) is 9.98. The van der Waals surface area contributed by atoms with Gasteiger partial charge in [-0.05, 0) is 26.4 Å². The summed E-state index contributed by atoms with van der Waals surface area (Å²) in [5.74, 6) is 0. The van der Waals surface area contributed by atoms with E-state index in [-0.39, 0.29) is 10.9 Å². The Hall–Kier alpha value is -0.960. The Kier molecular flexibility index (Phi) is 5.37. The van der Waals surface area contributed by atoms with Gasteiger partial charge in [0.15, 0.2) is 0 Å². The number of hydrogen-bond donors (Lipinski definition) is 1. The quantitative estimate of drug-likeness (QED) is 0.795. The van der Waals surface area contributed by atoms with Crippen LogP contribution in [0.25, 0.3) is 0 Å². The van der Waals surface area contributed by atoms with Gasteiger partial charge < -0.3 is 5.73 Å². The van der Waals surface area contributed by atoms with Gasteiger partial charge in [0.05, 0.1) is 6.20 Å². The molecule has 21 heavy (non-hydrogen) atoms. The molecular weight excluding hydrogens is 290 g/mol. The molecule has 0 spiro atoms. The molecule has 1 atom stereocenters. The Bertz CT molecular complexity index is 557. The Balaban J connectivity index is 2.09. The van der Waals surface area contributed by atoms with Gasteiger partial charge in [-0.3, -0.25) is 9.58 Å². The van der Waals surface area contributed by atoms with Crippen molar-refractivity contribution < 1.29 is 8.42 Å². The number of likely N-dealkylation sites (N-methyl/N-ethyl adjacent to an activating group) is 1. The number of sulfonamides is 1. The lowest BCUT2D eigenvalue weighted by Crippen LogP contribution is -2.53. The highest BCUT2D eigenvalue weighted by Gasteiger charge is 2.32. The second kappa shape index (κ2) is 6.87. The van der Waals surface area contributed by atoms with Gasteiger partial charge in [0, 0.05) is 38.4 Å². The predicted molar refractivity (Wildman–Crippen MR) is 81.4 cm³/mol. The maximum atomic E-state index is 12.6. The lowest BCUT2D eigenvalue weighted by atomic mass is 10.2. The molecule has 1 aliphatic heterocycles. The van der Waals surface area contributed by atoms with E-state index in [9.17, 15) is 8.42 Å². The summed E-state index contributed by atoms with van der Waals surface area (Å²) in [6, 6.07) is 0.241. The van der Waals surface area contributed by atoms with Crippen LogP contribution in [0.15, 0.2) is 17.3 Å². The summed E-state index contributed by atoms with van der Waals surface area (Å²) in [7, 11) is -3.44. The Morgan fingerprint density at radius 3 is 2.81 bits per heavy atom. The van der Waals surface area contributed by atoms with Crippen molar-refractivity contribution in [1.29, 1.82) is 0 Å². The van der Waals surface area contributed by atoms with Gasteiger partial charge in [-0.2, -0.15) is 9.40 Å². The summed E-state index contributed by atoms with van der Waals surface area (Å²) in [5.41, 5.74) is 5.46. The molecule has 2 N–H and O–H groups in total. The summed E-state index contributed by atoms with van der Waals surface area (Å²) in [6.45, 7) is 8.17. The zero-order valence-corrected chi connectivity index (χ0v) is 13.6. The minimum absolute atomic E-state index is 0.241. The Morgan fingerprint density at radius 1 is 1.43 bits per heavy atom. The van der Waals surface area contributed by atoms with Crippen molar-refractivity contribution >= 4 is 10.0 Å². The monoisotopic (exact) mass is 315 g/mol. The standard InChI is InChI=1S/C13H25N5O2S/c1-3-16-7-8-18(10-12(16)2)21(19,20)13-9-15-17(11-13)6-4-5-14/h9,11-12H,3-8,10,14H2,1-2H3. The second-order valence-electron chi connectivity index (χ2n) is 5.42. The molecule has 0 saturated carbocycles. The fraction of sp³-hybridized carbons (Fsp3) is 0.769. The predicted octanol–water partition coefficient (Wildman–Crippen LogP) is -0.0534. The van der Waals surface area contributed by atoms with E-state index in [2.05, 4.69) is 23.8 Å². The minimum atomic E-state index is -3.44. The molecule has 0 amide bonds. The first kappa shape index (κ1) is 16.4. The molecule has 1 fully saturated rings. The van der Waals surface area contributed by atoms with Crippen LogP contribution in [0.5, 0.6) is 0 Å². The summed E-state index contributed by atoms with van der Waals surface area (Å²) >= 11 is 0. The molecule has 1 aliphatic rings. The van der Waals surface area contributed by atoms with Crippen molar-refractivity contribution in [2.75, 3.05) is 32.7 Å². The first-order valence-electron chi connectivity index (χ1n) is 7.45. The highest BCUT2D eigenvalue weighted by molar-refractivity contribution is 7.89. The first-order valence-corrected chi connectivity index (χ1v) is 8.89. The Morgan fingerprint density at radius 2 is 2.19 bits per heavy atom. The van der Waals surface area contributed by atoms with Gasteiger partial charge in [0.25, 0.3) is 0 Å². The van der Waals surface area contributed by atoms with E-state index in [0.717, 1.165) is 19.5 Å². The van der Waals surface area contributed by atoms with Gasteiger partial charge in [-0.1, -0.05) is 6.92 Å². The lowest BCUT2D eigenvalue weighted by Gasteiger charge is -2.38. The van der Waals surface area contributed by atoms with Crippen molar-refractivity contribution in [3.63, 3.8) is 0 Å². The van der Waals surface area contributed by atoms with Gasteiger partial charge >= 0.3 is 0 Å². The Labute approximate surface area is 126 Å². The van der Waals surface area contributed by atoms with Crippen LogP contribution >= 0.6 is 0 Å². The van der Waals surface area contributed by atoms with Crippen LogP contribution in [0.1, 0.15) is 20.3 Å². The van der Waals surface area contributed by atoms with Crippen LogP contribution in [-0.2, 0) is 16.6 Å². The third kappa shape index (κ3) is 3.63. The average Bonchev–Trinajstić information content (AvgIpc) is 2.94. The van der Waals surface area contributed by atoms with Crippen molar-refractivity contribution in [3.05, 3.63) is 12.4 Å². The summed E-state index contributed by atoms with van der Waals surface area (Å²) in [6.07, 6.45) is 3.82. The summed E-state index contributed by atoms with van der Waals surface area (Å²) in [5, 5.41) is 4.11. The number of piperazine rings is 1. The molecule has 120 valence electrons. The highest BCUT2D eigenvalue weighted by Crippen LogP contribution is 2.19.